The van der Waals surface area contributed by atoms with E-state index in [1.165, 1.54) is 4.57 Å². The Kier molecular flexibility index (Phi) is 6.74. The van der Waals surface area contributed by atoms with Crippen LogP contribution >= 0.6 is 0 Å². The van der Waals surface area contributed by atoms with Crippen LogP contribution in [0, 0.1) is 0 Å². The second-order valence-electron chi connectivity index (χ2n) is 12.6. The number of hydrogen-bond donors (Lipinski definition) is 0. The summed E-state index contributed by atoms with van der Waals surface area (Å²) in [5, 5.41) is 0.580. The maximum Gasteiger partial charge on any atom is 0.424 e. The Balaban J connectivity index is 2.14. The number of carbonyl (C=O) groups excluding carboxylic acids is 2. The van der Waals surface area contributed by atoms with Crippen molar-refractivity contribution in [2.45, 2.75) is 92.0 Å². The van der Waals surface area contributed by atoms with Crippen LogP contribution < -0.4 is 15.2 Å². The third kappa shape index (κ3) is 5.63. The Morgan fingerprint density at radius 1 is 0.816 bits per heavy atom. The van der Waals surface area contributed by atoms with E-state index in [4.69, 9.17) is 14.2 Å². The number of aromatic nitrogens is 3. The first-order valence-electron chi connectivity index (χ1n) is 13.0. The van der Waals surface area contributed by atoms with E-state index < -0.39 is 34.5 Å². The normalized spacial score (nSPS) is 14.8. The van der Waals surface area contributed by atoms with Crippen molar-refractivity contribution in [1.82, 2.24) is 14.1 Å². The monoisotopic (exact) mass is 526 g/mol. The second kappa shape index (κ2) is 9.32. The van der Waals surface area contributed by atoms with Crippen molar-refractivity contribution < 1.29 is 23.8 Å². The molecule has 206 valence electrons. The summed E-state index contributed by atoms with van der Waals surface area (Å²) in [6.07, 6.45) is 0.587. The van der Waals surface area contributed by atoms with Crippen molar-refractivity contribution in [1.29, 1.82) is 0 Å². The topological polar surface area (TPSA) is 105 Å². The van der Waals surface area contributed by atoms with Crippen LogP contribution in [0.25, 0.3) is 21.9 Å². The van der Waals surface area contributed by atoms with Gasteiger partial charge < -0.3 is 19.1 Å². The summed E-state index contributed by atoms with van der Waals surface area (Å²) in [5.74, 6) is 0. The highest BCUT2D eigenvalue weighted by atomic mass is 16.6. The largest absolute Gasteiger partial charge is 0.458 e. The molecule has 10 nitrogen and oxygen atoms in total. The first-order valence-corrected chi connectivity index (χ1v) is 13.0. The predicted octanol–water partition coefficient (Wildman–Crippen LogP) is 5.70. The maximum absolute atomic E-state index is 13.7. The lowest BCUT2D eigenvalue weighted by molar-refractivity contribution is 0.0478. The van der Waals surface area contributed by atoms with Gasteiger partial charge in [0, 0.05) is 24.2 Å². The Bertz CT molecular complexity index is 1460. The molecular formula is C28H38N4O6. The van der Waals surface area contributed by atoms with Gasteiger partial charge in [-0.3, -0.25) is 4.79 Å². The highest BCUT2D eigenvalue weighted by Gasteiger charge is 2.33. The number of anilines is 1. The quantitative estimate of drug-likeness (QED) is 0.419. The summed E-state index contributed by atoms with van der Waals surface area (Å²) in [6, 6.07) is 5.30. The summed E-state index contributed by atoms with van der Waals surface area (Å²) in [4.78, 5) is 47.3. The van der Waals surface area contributed by atoms with Crippen molar-refractivity contribution in [3.63, 3.8) is 0 Å². The lowest BCUT2D eigenvalue weighted by Gasteiger charge is -2.25. The number of fused-ring (bicyclic) bond motifs is 3. The molecule has 1 saturated heterocycles. The molecule has 0 unspecified atom stereocenters. The van der Waals surface area contributed by atoms with Crippen LogP contribution in [-0.4, -0.2) is 56.2 Å². The lowest BCUT2D eigenvalue weighted by atomic mass is 10.2. The highest BCUT2D eigenvalue weighted by molar-refractivity contribution is 6.13. The van der Waals surface area contributed by atoms with Gasteiger partial charge in [0.25, 0.3) is 5.56 Å². The highest BCUT2D eigenvalue weighted by Crippen LogP contribution is 2.34. The summed E-state index contributed by atoms with van der Waals surface area (Å²) < 4.78 is 19.7. The number of ether oxygens (including phenoxy) is 3. The lowest BCUT2D eigenvalue weighted by Crippen LogP contribution is -2.34. The zero-order chi connectivity index (χ0) is 28.2. The molecule has 1 aromatic carbocycles. The van der Waals surface area contributed by atoms with E-state index in [-0.39, 0.29) is 17.0 Å². The molecular weight excluding hydrogens is 488 g/mol. The third-order valence-corrected chi connectivity index (χ3v) is 5.76. The van der Waals surface area contributed by atoms with Crippen molar-refractivity contribution >= 4 is 39.8 Å². The van der Waals surface area contributed by atoms with Crippen LogP contribution in [0.15, 0.2) is 23.0 Å². The SMILES string of the molecule is CC(C)(C)OC(=O)n1c(OC(C)(C)C)nc(=O)c2c3ccc(N4CCCC4)cc3n(C(=O)OC(C)(C)C)c21. The van der Waals surface area contributed by atoms with Crippen LogP contribution in [0.5, 0.6) is 6.01 Å². The molecule has 38 heavy (non-hydrogen) atoms. The van der Waals surface area contributed by atoms with Gasteiger partial charge in [-0.2, -0.15) is 9.55 Å². The second-order valence-corrected chi connectivity index (χ2v) is 12.6. The molecule has 2 aromatic heterocycles. The van der Waals surface area contributed by atoms with E-state index in [1.54, 1.807) is 68.4 Å². The Morgan fingerprint density at radius 2 is 1.37 bits per heavy atom. The van der Waals surface area contributed by atoms with Gasteiger partial charge in [0.2, 0.25) is 0 Å². The van der Waals surface area contributed by atoms with Gasteiger partial charge in [0.15, 0.2) is 5.65 Å². The number of rotatable bonds is 2. The average molecular weight is 527 g/mol. The molecule has 0 amide bonds. The number of nitrogens with zero attached hydrogens (tertiary/aromatic N) is 4. The van der Waals surface area contributed by atoms with Gasteiger partial charge in [0.05, 0.1) is 10.9 Å². The van der Waals surface area contributed by atoms with Gasteiger partial charge in [0.1, 0.15) is 16.8 Å². The number of hydrogen-bond acceptors (Lipinski definition) is 8. The van der Waals surface area contributed by atoms with Gasteiger partial charge >= 0.3 is 18.2 Å². The van der Waals surface area contributed by atoms with Crippen molar-refractivity contribution in [2.75, 3.05) is 18.0 Å². The third-order valence-electron chi connectivity index (χ3n) is 5.76. The van der Waals surface area contributed by atoms with Crippen LogP contribution in [0.1, 0.15) is 75.2 Å². The molecule has 3 aromatic rings. The molecule has 0 aliphatic carbocycles. The molecule has 0 atom stereocenters. The number of benzene rings is 1. The van der Waals surface area contributed by atoms with Crippen LogP contribution in [0.2, 0.25) is 0 Å². The molecule has 0 spiro atoms. The summed E-state index contributed by atoms with van der Waals surface area (Å²) >= 11 is 0. The van der Waals surface area contributed by atoms with Crippen molar-refractivity contribution in [3.05, 3.63) is 28.6 Å². The molecule has 0 N–H and O–H groups in total. The van der Waals surface area contributed by atoms with Crippen LogP contribution in [0.4, 0.5) is 15.3 Å². The first-order chi connectivity index (χ1) is 17.5. The van der Waals surface area contributed by atoms with Gasteiger partial charge in [-0.15, -0.1) is 0 Å². The molecule has 3 heterocycles. The number of carbonyl (C=O) groups is 2. The van der Waals surface area contributed by atoms with E-state index in [0.717, 1.165) is 36.2 Å². The Hall–Kier alpha value is -3.56. The Labute approximate surface area is 222 Å². The first kappa shape index (κ1) is 27.5. The fourth-order valence-electron chi connectivity index (χ4n) is 4.45. The van der Waals surface area contributed by atoms with E-state index in [2.05, 4.69) is 9.88 Å². The zero-order valence-corrected chi connectivity index (χ0v) is 23.8. The minimum Gasteiger partial charge on any atom is -0.458 e. The standard InChI is InChI=1S/C28H38N4O6/c1-26(2,3)36-23-29-21(33)20-18-13-12-17(30-14-10-11-15-30)16-19(18)31(24(34)37-27(4,5)6)22(20)32(23)25(35)38-28(7,8)9/h12-13,16H,10-11,14-15H2,1-9H3. The van der Waals surface area contributed by atoms with E-state index in [1.807, 2.05) is 12.1 Å². The van der Waals surface area contributed by atoms with Crippen molar-refractivity contribution in [3.8, 4) is 6.01 Å². The fraction of sp³-hybridized carbons (Fsp3) is 0.571. The molecule has 4 rings (SSSR count). The zero-order valence-electron chi connectivity index (χ0n) is 23.8. The van der Waals surface area contributed by atoms with Gasteiger partial charge in [-0.25, -0.2) is 14.2 Å². The van der Waals surface area contributed by atoms with Crippen LogP contribution in [0.3, 0.4) is 0 Å². The Morgan fingerprint density at radius 3 is 1.89 bits per heavy atom. The van der Waals surface area contributed by atoms with E-state index in [9.17, 15) is 14.4 Å². The maximum atomic E-state index is 13.7. The summed E-state index contributed by atoms with van der Waals surface area (Å²) in [5.41, 5.74) is -1.79. The average Bonchev–Trinajstić information content (AvgIpc) is 3.36. The minimum atomic E-state index is -0.864. The van der Waals surface area contributed by atoms with E-state index >= 15 is 0 Å². The molecule has 0 saturated carbocycles. The molecule has 0 radical (unpaired) electrons. The summed E-state index contributed by atoms with van der Waals surface area (Å²) in [6.45, 7) is 17.6. The van der Waals surface area contributed by atoms with Gasteiger partial charge in [-0.1, -0.05) is 0 Å². The van der Waals surface area contributed by atoms with Crippen molar-refractivity contribution in [2.24, 2.45) is 0 Å². The van der Waals surface area contributed by atoms with E-state index in [0.29, 0.717) is 10.9 Å². The van der Waals surface area contributed by atoms with Gasteiger partial charge in [-0.05, 0) is 93.4 Å². The molecule has 10 heteroatoms. The molecule has 1 fully saturated rings. The molecule has 1 aliphatic rings. The molecule has 0 bridgehead atoms. The molecule has 1 aliphatic heterocycles. The smallest absolute Gasteiger partial charge is 0.424 e. The van der Waals surface area contributed by atoms with Crippen LogP contribution in [-0.2, 0) is 9.47 Å². The minimum absolute atomic E-state index is 0.0127. The fourth-order valence-corrected chi connectivity index (χ4v) is 4.45. The summed E-state index contributed by atoms with van der Waals surface area (Å²) in [7, 11) is 0. The predicted molar refractivity (Wildman–Crippen MR) is 147 cm³/mol.